The molecule has 3 rings (SSSR count). The van der Waals surface area contributed by atoms with Crippen LogP contribution in [0.15, 0.2) is 18.2 Å². The zero-order valence-corrected chi connectivity index (χ0v) is 15.1. The molecule has 1 aromatic rings. The molecule has 124 valence electrons. The van der Waals surface area contributed by atoms with E-state index in [1.807, 2.05) is 26.8 Å². The molecule has 1 aromatic carbocycles. The number of hydrogen-bond donors (Lipinski definition) is 2. The van der Waals surface area contributed by atoms with Crippen LogP contribution in [-0.2, 0) is 17.8 Å². The Hall–Kier alpha value is -0.990. The zero-order valence-electron chi connectivity index (χ0n) is 14.2. The molecule has 1 heterocycles. The molecule has 1 aliphatic carbocycles. The molecule has 2 aliphatic rings. The van der Waals surface area contributed by atoms with Crippen molar-refractivity contribution in [1.82, 2.24) is 10.0 Å². The summed E-state index contributed by atoms with van der Waals surface area (Å²) in [5, 5.41) is 3.45. The molecule has 0 radical (unpaired) electrons. The van der Waals surface area contributed by atoms with Gasteiger partial charge in [-0.1, -0.05) is 12.0 Å². The van der Waals surface area contributed by atoms with Gasteiger partial charge in [-0.3, -0.25) is 0 Å². The van der Waals surface area contributed by atoms with E-state index in [2.05, 4.69) is 28.1 Å². The van der Waals surface area contributed by atoms with Gasteiger partial charge in [-0.15, -0.1) is 11.1 Å². The van der Waals surface area contributed by atoms with Crippen LogP contribution in [0.25, 0.3) is 0 Å². The second kappa shape index (κ2) is 6.14. The number of rotatable bonds is 2. The third-order valence-electron chi connectivity index (χ3n) is 5.16. The lowest BCUT2D eigenvalue weighted by atomic mass is 9.73. The van der Waals surface area contributed by atoms with Gasteiger partial charge in [-0.05, 0) is 76.4 Å². The van der Waals surface area contributed by atoms with Crippen LogP contribution < -0.4 is 10.0 Å². The molecule has 2 atom stereocenters. The van der Waals surface area contributed by atoms with E-state index in [1.165, 1.54) is 11.1 Å². The average molecular weight is 330 g/mol. The molecule has 0 saturated carbocycles. The van der Waals surface area contributed by atoms with Crippen molar-refractivity contribution < 1.29 is 4.55 Å². The van der Waals surface area contributed by atoms with Crippen LogP contribution in [0.3, 0.4) is 0 Å². The van der Waals surface area contributed by atoms with E-state index in [0.29, 0.717) is 0 Å². The zero-order chi connectivity index (χ0) is 16.7. The Bertz CT molecular complexity index is 623. The first kappa shape index (κ1) is 16.9. The average Bonchev–Trinajstić information content (AvgIpc) is 2.79. The van der Waals surface area contributed by atoms with Gasteiger partial charge in [-0.25, -0.2) is 0 Å². The van der Waals surface area contributed by atoms with Gasteiger partial charge >= 0.3 is 0 Å². The second-order valence-corrected chi connectivity index (χ2v) is 9.78. The van der Waals surface area contributed by atoms with Gasteiger partial charge in [0.15, 0.2) is 0 Å². The minimum atomic E-state index is -1.08. The van der Waals surface area contributed by atoms with Crippen molar-refractivity contribution >= 4 is 11.4 Å². The molecule has 3 nitrogen and oxygen atoms in total. The number of fused-ring (bicyclic) bond motifs is 1. The molecule has 0 bridgehead atoms. The van der Waals surface area contributed by atoms with Crippen LogP contribution >= 0.6 is 0 Å². The van der Waals surface area contributed by atoms with Gasteiger partial charge in [0.05, 0.1) is 6.04 Å². The topological polar surface area (TPSA) is 47.1 Å². The van der Waals surface area contributed by atoms with Gasteiger partial charge in [0.1, 0.15) is 4.75 Å². The van der Waals surface area contributed by atoms with Gasteiger partial charge in [0, 0.05) is 22.3 Å². The Labute approximate surface area is 142 Å². The summed E-state index contributed by atoms with van der Waals surface area (Å²) in [5.41, 5.74) is 3.70. The van der Waals surface area contributed by atoms with Crippen molar-refractivity contribution in [1.29, 1.82) is 0 Å². The van der Waals surface area contributed by atoms with E-state index < -0.39 is 11.4 Å². The van der Waals surface area contributed by atoms with Crippen molar-refractivity contribution in [3.8, 4) is 12.3 Å². The molecule has 23 heavy (non-hydrogen) atoms. The van der Waals surface area contributed by atoms with Gasteiger partial charge in [-0.2, -0.15) is 0 Å². The molecule has 1 aliphatic heterocycles. The van der Waals surface area contributed by atoms with E-state index in [4.69, 9.17) is 6.42 Å². The first-order valence-electron chi connectivity index (χ1n) is 8.34. The monoisotopic (exact) mass is 330 g/mol. The van der Waals surface area contributed by atoms with Crippen molar-refractivity contribution in [2.24, 2.45) is 5.41 Å². The third-order valence-corrected chi connectivity index (χ3v) is 6.72. The number of terminal acetylenes is 1. The summed E-state index contributed by atoms with van der Waals surface area (Å²) < 4.78 is 15.9. The molecule has 4 heteroatoms. The predicted molar refractivity (Wildman–Crippen MR) is 96.4 cm³/mol. The Morgan fingerprint density at radius 1 is 1.35 bits per heavy atom. The predicted octanol–water partition coefficient (Wildman–Crippen LogP) is 2.69. The van der Waals surface area contributed by atoms with Gasteiger partial charge < -0.3 is 9.87 Å². The fourth-order valence-corrected chi connectivity index (χ4v) is 4.75. The smallest absolute Gasteiger partial charge is 0.136 e. The summed E-state index contributed by atoms with van der Waals surface area (Å²) in [4.78, 5) is 0. The molecule has 1 fully saturated rings. The number of nitrogens with one attached hydrogen (secondary N) is 2. The van der Waals surface area contributed by atoms with E-state index in [-0.39, 0.29) is 16.2 Å². The third kappa shape index (κ3) is 3.16. The maximum Gasteiger partial charge on any atom is 0.136 e. The first-order chi connectivity index (χ1) is 10.9. The van der Waals surface area contributed by atoms with Crippen LogP contribution in [0.2, 0.25) is 0 Å². The van der Waals surface area contributed by atoms with Gasteiger partial charge in [0.2, 0.25) is 0 Å². The lowest BCUT2D eigenvalue weighted by Gasteiger charge is -2.40. The molecule has 2 N–H and O–H groups in total. The standard InChI is InChI=1S/C19H26N2OS/c1-5-14-6-7-16-15(12-14)13-19(8-10-20-11-9-19)17(16)21-23(22)18(2,3)4/h1,6-7,12,17,20-21H,8-11,13H2,2-4H3/t17-,23?/m1/s1. The molecule has 1 unspecified atom stereocenters. The van der Waals surface area contributed by atoms with Crippen LogP contribution in [-0.4, -0.2) is 22.4 Å². The number of piperidine rings is 1. The van der Waals surface area contributed by atoms with Crippen LogP contribution in [0.1, 0.15) is 56.3 Å². The highest BCUT2D eigenvalue weighted by atomic mass is 32.2. The van der Waals surface area contributed by atoms with Crippen LogP contribution in [0.4, 0.5) is 0 Å². The largest absolute Gasteiger partial charge is 0.598 e. The lowest BCUT2D eigenvalue weighted by Crippen LogP contribution is -2.48. The van der Waals surface area contributed by atoms with E-state index >= 15 is 0 Å². The Morgan fingerprint density at radius 2 is 2.04 bits per heavy atom. The maximum absolute atomic E-state index is 12.7. The Balaban J connectivity index is 1.96. The minimum Gasteiger partial charge on any atom is -0.598 e. The van der Waals surface area contributed by atoms with Crippen LogP contribution in [0, 0.1) is 17.8 Å². The molecule has 1 saturated heterocycles. The summed E-state index contributed by atoms with van der Waals surface area (Å²) in [6, 6.07) is 6.43. The Morgan fingerprint density at radius 3 is 2.65 bits per heavy atom. The van der Waals surface area contributed by atoms with Crippen molar-refractivity contribution in [3.05, 3.63) is 34.9 Å². The second-order valence-electron chi connectivity index (χ2n) is 7.78. The number of hydrogen-bond acceptors (Lipinski definition) is 3. The Kier molecular flexibility index (Phi) is 4.50. The van der Waals surface area contributed by atoms with E-state index in [9.17, 15) is 4.55 Å². The summed E-state index contributed by atoms with van der Waals surface area (Å²) in [6.07, 6.45) is 8.79. The molecular formula is C19H26N2OS. The summed E-state index contributed by atoms with van der Waals surface area (Å²) in [7, 11) is 0. The number of benzene rings is 1. The van der Waals surface area contributed by atoms with Gasteiger partial charge in [0.25, 0.3) is 0 Å². The molecule has 1 spiro atoms. The van der Waals surface area contributed by atoms with E-state index in [0.717, 1.165) is 37.9 Å². The summed E-state index contributed by atoms with van der Waals surface area (Å²) >= 11 is -1.08. The van der Waals surface area contributed by atoms with E-state index in [1.54, 1.807) is 0 Å². The molecule has 0 aromatic heterocycles. The summed E-state index contributed by atoms with van der Waals surface area (Å²) in [6.45, 7) is 8.10. The van der Waals surface area contributed by atoms with Crippen LogP contribution in [0.5, 0.6) is 0 Å². The SMILES string of the molecule is C#Cc1ccc2c(c1)CC1(CCNCC1)[C@@H]2N[S+]([O-])C(C)(C)C. The summed E-state index contributed by atoms with van der Waals surface area (Å²) in [5.74, 6) is 2.74. The fourth-order valence-electron chi connectivity index (χ4n) is 3.80. The van der Waals surface area contributed by atoms with Crippen molar-refractivity contribution in [2.45, 2.75) is 50.8 Å². The quantitative estimate of drug-likeness (QED) is 0.647. The highest BCUT2D eigenvalue weighted by Gasteiger charge is 2.49. The van der Waals surface area contributed by atoms with Crippen molar-refractivity contribution in [2.75, 3.05) is 13.1 Å². The fraction of sp³-hybridized carbons (Fsp3) is 0.579. The normalized spacial score (nSPS) is 24.2. The highest BCUT2D eigenvalue weighted by molar-refractivity contribution is 7.90. The van der Waals surface area contributed by atoms with Crippen molar-refractivity contribution in [3.63, 3.8) is 0 Å². The lowest BCUT2D eigenvalue weighted by molar-refractivity contribution is 0.163. The highest BCUT2D eigenvalue weighted by Crippen LogP contribution is 2.51. The molecule has 0 amide bonds. The minimum absolute atomic E-state index is 0.145. The molecular weight excluding hydrogens is 304 g/mol. The maximum atomic E-state index is 12.7. The first-order valence-corrected chi connectivity index (χ1v) is 9.49.